The summed E-state index contributed by atoms with van der Waals surface area (Å²) in [5.41, 5.74) is 2.24. The number of methoxy groups -OCH3 is 1. The second-order valence-corrected chi connectivity index (χ2v) is 4.61. The summed E-state index contributed by atoms with van der Waals surface area (Å²) >= 11 is 0. The molecule has 2 rings (SSSR count). The molecule has 0 saturated carbocycles. The van der Waals surface area contributed by atoms with Crippen LogP contribution in [0.1, 0.15) is 5.56 Å². The first-order valence-corrected chi connectivity index (χ1v) is 6.74. The highest BCUT2D eigenvalue weighted by atomic mass is 16.5. The first kappa shape index (κ1) is 14.7. The Bertz CT molecular complexity index is 500. The van der Waals surface area contributed by atoms with Gasteiger partial charge in [0.25, 0.3) is 0 Å². The smallest absolute Gasteiger partial charge is 0.0648 e. The molecule has 0 spiro atoms. The van der Waals surface area contributed by atoms with Gasteiger partial charge in [-0.1, -0.05) is 12.1 Å². The summed E-state index contributed by atoms with van der Waals surface area (Å²) in [5.74, 6) is 0. The minimum Gasteiger partial charge on any atom is -0.395 e. The third-order valence-electron chi connectivity index (χ3n) is 3.11. The highest BCUT2D eigenvalue weighted by Crippen LogP contribution is 2.11. The van der Waals surface area contributed by atoms with Gasteiger partial charge in [0.15, 0.2) is 0 Å². The van der Waals surface area contributed by atoms with Gasteiger partial charge >= 0.3 is 0 Å². The molecule has 5 heteroatoms. The van der Waals surface area contributed by atoms with Crippen LogP contribution < -0.4 is 0 Å². The third kappa shape index (κ3) is 4.16. The number of aromatic nitrogens is 2. The van der Waals surface area contributed by atoms with Crippen molar-refractivity contribution >= 4 is 0 Å². The SMILES string of the molecule is COCCN(CCO)Cc1cccc(-n2cccn2)c1. The Balaban J connectivity index is 2.05. The van der Waals surface area contributed by atoms with E-state index in [0.29, 0.717) is 13.2 Å². The second-order valence-electron chi connectivity index (χ2n) is 4.61. The Labute approximate surface area is 119 Å². The molecule has 108 valence electrons. The molecular formula is C15H21N3O2. The van der Waals surface area contributed by atoms with Crippen molar-refractivity contribution in [3.05, 3.63) is 48.3 Å². The number of benzene rings is 1. The molecule has 0 aliphatic carbocycles. The summed E-state index contributed by atoms with van der Waals surface area (Å²) in [6, 6.07) is 10.2. The fourth-order valence-electron chi connectivity index (χ4n) is 2.11. The van der Waals surface area contributed by atoms with E-state index < -0.39 is 0 Å². The average Bonchev–Trinajstić information content (AvgIpc) is 2.99. The van der Waals surface area contributed by atoms with Crippen LogP contribution in [0.3, 0.4) is 0 Å². The highest BCUT2D eigenvalue weighted by molar-refractivity contribution is 5.34. The van der Waals surface area contributed by atoms with Crippen LogP contribution in [-0.4, -0.2) is 53.2 Å². The lowest BCUT2D eigenvalue weighted by Gasteiger charge is -2.21. The zero-order chi connectivity index (χ0) is 14.2. The van der Waals surface area contributed by atoms with Gasteiger partial charge < -0.3 is 9.84 Å². The number of aliphatic hydroxyl groups is 1. The molecule has 0 amide bonds. The van der Waals surface area contributed by atoms with Crippen LogP contribution >= 0.6 is 0 Å². The first-order chi connectivity index (χ1) is 9.83. The normalized spacial score (nSPS) is 11.2. The monoisotopic (exact) mass is 275 g/mol. The maximum atomic E-state index is 9.12. The number of rotatable bonds is 8. The van der Waals surface area contributed by atoms with E-state index in [2.05, 4.69) is 22.1 Å². The molecule has 0 unspecified atom stereocenters. The predicted octanol–water partition coefficient (Wildman–Crippen LogP) is 1.31. The molecule has 1 aromatic heterocycles. The van der Waals surface area contributed by atoms with E-state index in [1.165, 1.54) is 5.56 Å². The minimum atomic E-state index is 0.155. The van der Waals surface area contributed by atoms with Crippen molar-refractivity contribution < 1.29 is 9.84 Å². The van der Waals surface area contributed by atoms with Gasteiger partial charge in [-0.05, 0) is 23.8 Å². The molecule has 2 aromatic rings. The molecule has 0 atom stereocenters. The third-order valence-corrected chi connectivity index (χ3v) is 3.11. The van der Waals surface area contributed by atoms with Crippen molar-refractivity contribution in [3.8, 4) is 5.69 Å². The van der Waals surface area contributed by atoms with Gasteiger partial charge in [0.1, 0.15) is 0 Å². The molecule has 5 nitrogen and oxygen atoms in total. The first-order valence-electron chi connectivity index (χ1n) is 6.74. The molecule has 0 fully saturated rings. The van der Waals surface area contributed by atoms with Gasteiger partial charge in [0.2, 0.25) is 0 Å². The standard InChI is InChI=1S/C15H21N3O2/c1-20-11-9-17(8-10-19)13-14-4-2-5-15(12-14)18-7-3-6-16-18/h2-7,12,19H,8-11,13H2,1H3. The number of nitrogens with zero attached hydrogens (tertiary/aromatic N) is 3. The van der Waals surface area contributed by atoms with E-state index in [1.807, 2.05) is 29.1 Å². The Morgan fingerprint density at radius 2 is 2.20 bits per heavy atom. The van der Waals surface area contributed by atoms with Crippen LogP contribution in [0.5, 0.6) is 0 Å². The molecule has 0 bridgehead atoms. The van der Waals surface area contributed by atoms with Crippen LogP contribution in [-0.2, 0) is 11.3 Å². The van der Waals surface area contributed by atoms with Gasteiger partial charge in [-0.3, -0.25) is 4.90 Å². The highest BCUT2D eigenvalue weighted by Gasteiger charge is 2.06. The van der Waals surface area contributed by atoms with E-state index in [4.69, 9.17) is 9.84 Å². The zero-order valence-corrected chi connectivity index (χ0v) is 11.8. The van der Waals surface area contributed by atoms with E-state index in [0.717, 1.165) is 18.8 Å². The molecule has 1 N–H and O–H groups in total. The van der Waals surface area contributed by atoms with Gasteiger partial charge in [-0.25, -0.2) is 4.68 Å². The lowest BCUT2D eigenvalue weighted by Crippen LogP contribution is -2.29. The van der Waals surface area contributed by atoms with Gasteiger partial charge in [-0.15, -0.1) is 0 Å². The van der Waals surface area contributed by atoms with Gasteiger partial charge in [0, 0.05) is 39.1 Å². The summed E-state index contributed by atoms with van der Waals surface area (Å²) in [7, 11) is 1.69. The summed E-state index contributed by atoms with van der Waals surface area (Å²) in [6.07, 6.45) is 3.69. The summed E-state index contributed by atoms with van der Waals surface area (Å²) in [5, 5.41) is 13.4. The average molecular weight is 275 g/mol. The van der Waals surface area contributed by atoms with E-state index in [-0.39, 0.29) is 6.61 Å². The molecule has 1 heterocycles. The Morgan fingerprint density at radius 1 is 1.30 bits per heavy atom. The summed E-state index contributed by atoms with van der Waals surface area (Å²) < 4.78 is 6.94. The molecular weight excluding hydrogens is 254 g/mol. The predicted molar refractivity (Wildman–Crippen MR) is 77.8 cm³/mol. The number of hydrogen-bond donors (Lipinski definition) is 1. The van der Waals surface area contributed by atoms with E-state index >= 15 is 0 Å². The van der Waals surface area contributed by atoms with Crippen LogP contribution in [0.25, 0.3) is 5.69 Å². The van der Waals surface area contributed by atoms with Gasteiger partial charge in [0.05, 0.1) is 18.9 Å². The molecule has 0 aliphatic rings. The van der Waals surface area contributed by atoms with Crippen LogP contribution in [0.2, 0.25) is 0 Å². The van der Waals surface area contributed by atoms with Crippen LogP contribution in [0, 0.1) is 0 Å². The van der Waals surface area contributed by atoms with Crippen LogP contribution in [0.4, 0.5) is 0 Å². The van der Waals surface area contributed by atoms with Crippen LogP contribution in [0.15, 0.2) is 42.7 Å². The Morgan fingerprint density at radius 3 is 2.90 bits per heavy atom. The largest absolute Gasteiger partial charge is 0.395 e. The zero-order valence-electron chi connectivity index (χ0n) is 11.8. The second kappa shape index (κ2) is 7.79. The quantitative estimate of drug-likeness (QED) is 0.789. The molecule has 0 radical (unpaired) electrons. The summed E-state index contributed by atoms with van der Waals surface area (Å²) in [4.78, 5) is 2.17. The summed E-state index contributed by atoms with van der Waals surface area (Å²) in [6.45, 7) is 3.07. The van der Waals surface area contributed by atoms with Crippen molar-refractivity contribution in [2.24, 2.45) is 0 Å². The van der Waals surface area contributed by atoms with Crippen molar-refractivity contribution in [2.75, 3.05) is 33.4 Å². The minimum absolute atomic E-state index is 0.155. The topological polar surface area (TPSA) is 50.5 Å². The van der Waals surface area contributed by atoms with Gasteiger partial charge in [-0.2, -0.15) is 5.10 Å². The number of hydrogen-bond acceptors (Lipinski definition) is 4. The van der Waals surface area contributed by atoms with Crippen molar-refractivity contribution in [1.82, 2.24) is 14.7 Å². The van der Waals surface area contributed by atoms with Crippen molar-refractivity contribution in [2.45, 2.75) is 6.54 Å². The molecule has 0 saturated heterocycles. The lowest BCUT2D eigenvalue weighted by molar-refractivity contribution is 0.127. The fourth-order valence-corrected chi connectivity index (χ4v) is 2.11. The molecule has 1 aromatic carbocycles. The Hall–Kier alpha value is -1.69. The Kier molecular flexibility index (Phi) is 5.73. The number of ether oxygens (including phenoxy) is 1. The number of aliphatic hydroxyl groups excluding tert-OH is 1. The van der Waals surface area contributed by atoms with E-state index in [9.17, 15) is 0 Å². The molecule has 0 aliphatic heterocycles. The van der Waals surface area contributed by atoms with Crippen molar-refractivity contribution in [3.63, 3.8) is 0 Å². The lowest BCUT2D eigenvalue weighted by atomic mass is 10.2. The maximum Gasteiger partial charge on any atom is 0.0648 e. The van der Waals surface area contributed by atoms with E-state index in [1.54, 1.807) is 13.3 Å². The molecule has 20 heavy (non-hydrogen) atoms. The maximum absolute atomic E-state index is 9.12. The fraction of sp³-hybridized carbons (Fsp3) is 0.400. The van der Waals surface area contributed by atoms with Crippen molar-refractivity contribution in [1.29, 1.82) is 0 Å².